The smallest absolute Gasteiger partial charge is 0.318 e. The van der Waals surface area contributed by atoms with Crippen molar-refractivity contribution in [3.05, 3.63) is 71.8 Å². The Hall–Kier alpha value is -2.04. The summed E-state index contributed by atoms with van der Waals surface area (Å²) in [7, 11) is 0. The molecule has 2 aromatic rings. The Labute approximate surface area is 155 Å². The minimum absolute atomic E-state index is 0. The number of piperidine rings is 1. The molecule has 2 N–H and O–H groups in total. The monoisotopic (exact) mass is 357 g/mol. The van der Waals surface area contributed by atoms with Crippen LogP contribution >= 0.6 is 12.4 Å². The number of nitrogens with one attached hydrogen (secondary N) is 2. The van der Waals surface area contributed by atoms with Gasteiger partial charge in [0.15, 0.2) is 0 Å². The van der Waals surface area contributed by atoms with Crippen molar-refractivity contribution in [2.75, 3.05) is 19.6 Å². The van der Waals surface area contributed by atoms with Crippen LogP contribution in [0.1, 0.15) is 24.0 Å². The van der Waals surface area contributed by atoms with Crippen LogP contribution in [0.2, 0.25) is 0 Å². The van der Waals surface area contributed by atoms with Gasteiger partial charge < -0.3 is 15.5 Å². The number of halogens is 1. The summed E-state index contributed by atoms with van der Waals surface area (Å²) in [5.74, 6) is 0. The second kappa shape index (κ2) is 7.46. The fourth-order valence-electron chi connectivity index (χ4n) is 3.95. The summed E-state index contributed by atoms with van der Waals surface area (Å²) in [6.07, 6.45) is 2.19. The molecule has 2 fully saturated rings. The third kappa shape index (κ3) is 3.24. The third-order valence-electron chi connectivity index (χ3n) is 5.23. The van der Waals surface area contributed by atoms with Gasteiger partial charge in [-0.15, -0.1) is 12.4 Å². The molecule has 2 aliphatic heterocycles. The molecule has 1 unspecified atom stereocenters. The van der Waals surface area contributed by atoms with Gasteiger partial charge in [0, 0.05) is 12.6 Å². The Bertz CT molecular complexity index is 662. The van der Waals surface area contributed by atoms with E-state index in [0.717, 1.165) is 37.1 Å². The van der Waals surface area contributed by atoms with Gasteiger partial charge in [0.05, 0.1) is 6.54 Å². The van der Waals surface area contributed by atoms with E-state index in [4.69, 9.17) is 0 Å². The molecule has 2 aromatic carbocycles. The molecule has 2 saturated heterocycles. The highest BCUT2D eigenvalue weighted by atomic mass is 35.5. The summed E-state index contributed by atoms with van der Waals surface area (Å²) in [6, 6.07) is 20.9. The minimum atomic E-state index is -0.475. The normalized spacial score (nSPS) is 22.2. The SMILES string of the molecule is Cl.O=C1NC(c2ccccc2)(c2ccccc2)CN1C1CCCNC1. The van der Waals surface area contributed by atoms with Crippen molar-refractivity contribution in [1.29, 1.82) is 0 Å². The van der Waals surface area contributed by atoms with Crippen molar-refractivity contribution in [2.24, 2.45) is 0 Å². The van der Waals surface area contributed by atoms with Crippen LogP contribution in [0.5, 0.6) is 0 Å². The Morgan fingerprint density at radius 1 is 0.960 bits per heavy atom. The van der Waals surface area contributed by atoms with Crippen LogP contribution in [0.15, 0.2) is 60.7 Å². The van der Waals surface area contributed by atoms with Gasteiger partial charge in [-0.2, -0.15) is 0 Å². The van der Waals surface area contributed by atoms with Crippen LogP contribution in [-0.4, -0.2) is 36.6 Å². The van der Waals surface area contributed by atoms with E-state index in [1.165, 1.54) is 0 Å². The molecule has 0 saturated carbocycles. The lowest BCUT2D eigenvalue weighted by Crippen LogP contribution is -2.47. The summed E-state index contributed by atoms with van der Waals surface area (Å²) >= 11 is 0. The lowest BCUT2D eigenvalue weighted by atomic mass is 9.83. The third-order valence-corrected chi connectivity index (χ3v) is 5.23. The zero-order valence-electron chi connectivity index (χ0n) is 14.2. The van der Waals surface area contributed by atoms with Crippen molar-refractivity contribution in [1.82, 2.24) is 15.5 Å². The quantitative estimate of drug-likeness (QED) is 0.886. The number of benzene rings is 2. The molecule has 0 aliphatic carbocycles. The summed E-state index contributed by atoms with van der Waals surface area (Å²) in [5, 5.41) is 6.72. The zero-order chi connectivity index (χ0) is 16.4. The fourth-order valence-corrected chi connectivity index (χ4v) is 3.95. The Morgan fingerprint density at radius 2 is 1.56 bits per heavy atom. The first-order valence-electron chi connectivity index (χ1n) is 8.70. The lowest BCUT2D eigenvalue weighted by molar-refractivity contribution is 0.182. The molecule has 0 radical (unpaired) electrons. The molecule has 4 nitrogen and oxygen atoms in total. The number of amides is 2. The second-order valence-electron chi connectivity index (χ2n) is 6.70. The minimum Gasteiger partial charge on any atom is -0.323 e. The predicted molar refractivity (Wildman–Crippen MR) is 102 cm³/mol. The van der Waals surface area contributed by atoms with Crippen LogP contribution in [-0.2, 0) is 5.54 Å². The van der Waals surface area contributed by atoms with Crippen molar-refractivity contribution >= 4 is 18.4 Å². The molecule has 0 aromatic heterocycles. The molecule has 25 heavy (non-hydrogen) atoms. The molecular formula is C20H24ClN3O. The van der Waals surface area contributed by atoms with Crippen LogP contribution < -0.4 is 10.6 Å². The fraction of sp³-hybridized carbons (Fsp3) is 0.350. The van der Waals surface area contributed by atoms with Crippen molar-refractivity contribution in [2.45, 2.75) is 24.4 Å². The first kappa shape index (κ1) is 17.8. The Balaban J connectivity index is 0.00000182. The second-order valence-corrected chi connectivity index (χ2v) is 6.70. The van der Waals surface area contributed by atoms with E-state index in [2.05, 4.69) is 34.9 Å². The summed E-state index contributed by atoms with van der Waals surface area (Å²) in [4.78, 5) is 14.8. The zero-order valence-corrected chi connectivity index (χ0v) is 15.0. The number of urea groups is 1. The van der Waals surface area contributed by atoms with Crippen molar-refractivity contribution in [3.63, 3.8) is 0 Å². The molecule has 4 rings (SSSR count). The van der Waals surface area contributed by atoms with Gasteiger partial charge in [-0.1, -0.05) is 60.7 Å². The van der Waals surface area contributed by atoms with E-state index < -0.39 is 5.54 Å². The molecule has 132 valence electrons. The van der Waals surface area contributed by atoms with E-state index in [1.807, 2.05) is 41.3 Å². The van der Waals surface area contributed by atoms with Crippen LogP contribution in [0.25, 0.3) is 0 Å². The molecule has 2 heterocycles. The lowest BCUT2D eigenvalue weighted by Gasteiger charge is -2.33. The van der Waals surface area contributed by atoms with E-state index in [0.29, 0.717) is 6.54 Å². The maximum Gasteiger partial charge on any atom is 0.318 e. The van der Waals surface area contributed by atoms with Gasteiger partial charge in [0.25, 0.3) is 0 Å². The maximum atomic E-state index is 12.8. The maximum absolute atomic E-state index is 12.8. The first-order chi connectivity index (χ1) is 11.8. The number of rotatable bonds is 3. The average molecular weight is 358 g/mol. The molecule has 2 aliphatic rings. The Morgan fingerprint density at radius 3 is 2.08 bits per heavy atom. The molecule has 0 bridgehead atoms. The van der Waals surface area contributed by atoms with Crippen LogP contribution in [0, 0.1) is 0 Å². The number of hydrogen-bond donors (Lipinski definition) is 2. The van der Waals surface area contributed by atoms with Crippen molar-refractivity contribution in [3.8, 4) is 0 Å². The standard InChI is InChI=1S/C20H23N3O.ClH/c24-19-22-20(16-8-3-1-4-9-16,17-10-5-2-6-11-17)15-23(19)18-12-7-13-21-14-18;/h1-6,8-11,18,21H,7,12-15H2,(H,22,24);1H. The van der Waals surface area contributed by atoms with Gasteiger partial charge >= 0.3 is 6.03 Å². The molecule has 1 atom stereocenters. The highest BCUT2D eigenvalue weighted by Crippen LogP contribution is 2.36. The van der Waals surface area contributed by atoms with Gasteiger partial charge in [-0.3, -0.25) is 0 Å². The van der Waals surface area contributed by atoms with Crippen LogP contribution in [0.4, 0.5) is 4.79 Å². The van der Waals surface area contributed by atoms with E-state index in [1.54, 1.807) is 0 Å². The number of nitrogens with zero attached hydrogens (tertiary/aromatic N) is 1. The van der Waals surface area contributed by atoms with Gasteiger partial charge in [-0.25, -0.2) is 4.79 Å². The highest BCUT2D eigenvalue weighted by Gasteiger charge is 2.47. The van der Waals surface area contributed by atoms with Gasteiger partial charge in [0.2, 0.25) is 0 Å². The van der Waals surface area contributed by atoms with E-state index in [9.17, 15) is 4.79 Å². The molecule has 0 spiro atoms. The molecule has 5 heteroatoms. The number of hydrogen-bond acceptors (Lipinski definition) is 2. The molecular weight excluding hydrogens is 334 g/mol. The first-order valence-corrected chi connectivity index (χ1v) is 8.70. The van der Waals surface area contributed by atoms with E-state index in [-0.39, 0.29) is 24.5 Å². The summed E-state index contributed by atoms with van der Waals surface area (Å²) in [6.45, 7) is 2.60. The van der Waals surface area contributed by atoms with Crippen LogP contribution in [0.3, 0.4) is 0 Å². The summed E-state index contributed by atoms with van der Waals surface area (Å²) in [5.41, 5.74) is 1.79. The van der Waals surface area contributed by atoms with Gasteiger partial charge in [-0.05, 0) is 30.5 Å². The Kier molecular flexibility index (Phi) is 5.30. The topological polar surface area (TPSA) is 44.4 Å². The van der Waals surface area contributed by atoms with Crippen molar-refractivity contribution < 1.29 is 4.79 Å². The number of carbonyl (C=O) groups excluding carboxylic acids is 1. The number of carbonyl (C=O) groups is 1. The largest absolute Gasteiger partial charge is 0.323 e. The van der Waals surface area contributed by atoms with E-state index >= 15 is 0 Å². The summed E-state index contributed by atoms with van der Waals surface area (Å²) < 4.78 is 0. The molecule has 2 amide bonds. The average Bonchev–Trinajstić information content (AvgIpc) is 3.03. The highest BCUT2D eigenvalue weighted by molar-refractivity contribution is 5.85. The predicted octanol–water partition coefficient (Wildman–Crippen LogP) is 3.13. The van der Waals surface area contributed by atoms with Gasteiger partial charge in [0.1, 0.15) is 5.54 Å².